The fraction of sp³-hybridized carbons (Fsp3) is 0.400. The maximum absolute atomic E-state index is 10.7. The molecule has 0 saturated carbocycles. The van der Waals surface area contributed by atoms with Crippen LogP contribution in [0.3, 0.4) is 0 Å². The van der Waals surface area contributed by atoms with Crippen LogP contribution in [0.25, 0.3) is 0 Å². The maximum atomic E-state index is 10.7. The van der Waals surface area contributed by atoms with Gasteiger partial charge in [-0.2, -0.15) is 0 Å². The third kappa shape index (κ3) is 3.56. The zero-order valence-corrected chi connectivity index (χ0v) is 14.4. The molecule has 1 saturated heterocycles. The standard InChI is InChI=1S/C20H24OS/c1-14-4-8-16(9-5-14)18-12-20(3,21)13-19(22-18)17-10-6-15(2)7-11-17/h4-11,18-19,21H,12-13H2,1-3H3/t18-,19+,20?. The Labute approximate surface area is 137 Å². The van der Waals surface area contributed by atoms with Gasteiger partial charge in [0.2, 0.25) is 0 Å². The Hall–Kier alpha value is -1.25. The van der Waals surface area contributed by atoms with E-state index >= 15 is 0 Å². The molecular formula is C20H24OS. The summed E-state index contributed by atoms with van der Waals surface area (Å²) in [5, 5.41) is 11.4. The van der Waals surface area contributed by atoms with Gasteiger partial charge in [-0.25, -0.2) is 0 Å². The van der Waals surface area contributed by atoms with Crippen LogP contribution in [-0.2, 0) is 0 Å². The van der Waals surface area contributed by atoms with Gasteiger partial charge >= 0.3 is 0 Å². The molecule has 1 heterocycles. The average molecular weight is 312 g/mol. The van der Waals surface area contributed by atoms with E-state index in [1.807, 2.05) is 18.7 Å². The van der Waals surface area contributed by atoms with Crippen LogP contribution in [0.15, 0.2) is 48.5 Å². The van der Waals surface area contributed by atoms with Crippen LogP contribution in [0.1, 0.15) is 52.5 Å². The monoisotopic (exact) mass is 312 g/mol. The third-order valence-corrected chi connectivity index (χ3v) is 6.01. The zero-order valence-electron chi connectivity index (χ0n) is 13.5. The summed E-state index contributed by atoms with van der Waals surface area (Å²) in [4.78, 5) is 0. The van der Waals surface area contributed by atoms with E-state index in [0.29, 0.717) is 10.5 Å². The minimum absolute atomic E-state index is 0.357. The molecule has 0 aromatic heterocycles. The van der Waals surface area contributed by atoms with E-state index in [9.17, 15) is 5.11 Å². The third-order valence-electron chi connectivity index (χ3n) is 4.48. The molecule has 0 spiro atoms. The zero-order chi connectivity index (χ0) is 15.7. The molecule has 1 unspecified atom stereocenters. The highest BCUT2D eigenvalue weighted by molar-refractivity contribution is 7.99. The highest BCUT2D eigenvalue weighted by Gasteiger charge is 2.37. The van der Waals surface area contributed by atoms with E-state index in [2.05, 4.69) is 62.4 Å². The van der Waals surface area contributed by atoms with Crippen molar-refractivity contribution in [3.63, 3.8) is 0 Å². The Morgan fingerprint density at radius 2 is 1.18 bits per heavy atom. The molecule has 0 amide bonds. The first-order valence-corrected chi connectivity index (χ1v) is 8.88. The van der Waals surface area contributed by atoms with E-state index in [1.54, 1.807) is 0 Å². The van der Waals surface area contributed by atoms with Crippen molar-refractivity contribution in [2.24, 2.45) is 0 Å². The molecule has 2 aromatic carbocycles. The Kier molecular flexibility index (Phi) is 4.33. The quantitative estimate of drug-likeness (QED) is 0.805. The molecule has 0 aliphatic carbocycles. The summed E-state index contributed by atoms with van der Waals surface area (Å²) in [5.41, 5.74) is 4.62. The Bertz CT molecular complexity index is 572. The van der Waals surface area contributed by atoms with E-state index < -0.39 is 5.60 Å². The number of thioether (sulfide) groups is 1. The van der Waals surface area contributed by atoms with Gasteiger partial charge in [0.15, 0.2) is 0 Å². The highest BCUT2D eigenvalue weighted by Crippen LogP contribution is 2.53. The number of benzene rings is 2. The molecular weight excluding hydrogens is 288 g/mol. The van der Waals surface area contributed by atoms with Gasteiger partial charge in [0.05, 0.1) is 5.60 Å². The Balaban J connectivity index is 1.86. The van der Waals surface area contributed by atoms with Crippen LogP contribution < -0.4 is 0 Å². The molecule has 22 heavy (non-hydrogen) atoms. The van der Waals surface area contributed by atoms with Crippen molar-refractivity contribution in [1.29, 1.82) is 0 Å². The summed E-state index contributed by atoms with van der Waals surface area (Å²) in [6.07, 6.45) is 1.65. The summed E-state index contributed by atoms with van der Waals surface area (Å²) >= 11 is 1.99. The van der Waals surface area contributed by atoms with Gasteiger partial charge in [0, 0.05) is 10.5 Å². The molecule has 1 N–H and O–H groups in total. The molecule has 0 bridgehead atoms. The van der Waals surface area contributed by atoms with Gasteiger partial charge in [-0.3, -0.25) is 0 Å². The van der Waals surface area contributed by atoms with Crippen molar-refractivity contribution >= 4 is 11.8 Å². The number of aryl methyl sites for hydroxylation is 2. The van der Waals surface area contributed by atoms with E-state index in [0.717, 1.165) is 12.8 Å². The van der Waals surface area contributed by atoms with Crippen molar-refractivity contribution in [2.75, 3.05) is 0 Å². The second-order valence-corrected chi connectivity index (χ2v) is 8.25. The van der Waals surface area contributed by atoms with Crippen LogP contribution >= 0.6 is 11.8 Å². The molecule has 0 radical (unpaired) electrons. The molecule has 1 nitrogen and oxygen atoms in total. The van der Waals surface area contributed by atoms with Crippen LogP contribution in [0.4, 0.5) is 0 Å². The number of hydrogen-bond acceptors (Lipinski definition) is 2. The first-order valence-electron chi connectivity index (χ1n) is 7.94. The van der Waals surface area contributed by atoms with E-state index in [4.69, 9.17) is 0 Å². The van der Waals surface area contributed by atoms with E-state index in [-0.39, 0.29) is 0 Å². The lowest BCUT2D eigenvalue weighted by atomic mass is 9.89. The lowest BCUT2D eigenvalue weighted by Gasteiger charge is -2.39. The first kappa shape index (κ1) is 15.6. The summed E-state index contributed by atoms with van der Waals surface area (Å²) in [7, 11) is 0. The lowest BCUT2D eigenvalue weighted by Crippen LogP contribution is -2.32. The van der Waals surface area contributed by atoms with Crippen LogP contribution in [0.2, 0.25) is 0 Å². The Morgan fingerprint density at radius 1 is 0.818 bits per heavy atom. The molecule has 2 aromatic rings. The first-order chi connectivity index (χ1) is 10.4. The summed E-state index contributed by atoms with van der Waals surface area (Å²) in [6.45, 7) is 6.21. The fourth-order valence-corrected chi connectivity index (χ4v) is 5.07. The van der Waals surface area contributed by atoms with Crippen LogP contribution in [0, 0.1) is 13.8 Å². The molecule has 3 rings (SSSR count). The van der Waals surface area contributed by atoms with Gasteiger partial charge in [-0.1, -0.05) is 59.7 Å². The number of rotatable bonds is 2. The minimum atomic E-state index is -0.601. The second-order valence-electron chi connectivity index (χ2n) is 6.84. The lowest BCUT2D eigenvalue weighted by molar-refractivity contribution is 0.0365. The minimum Gasteiger partial charge on any atom is -0.390 e. The van der Waals surface area contributed by atoms with Crippen molar-refractivity contribution in [3.8, 4) is 0 Å². The van der Waals surface area contributed by atoms with Gasteiger partial charge < -0.3 is 5.11 Å². The molecule has 116 valence electrons. The van der Waals surface area contributed by atoms with Gasteiger partial charge in [-0.15, -0.1) is 11.8 Å². The molecule has 2 heteroatoms. The van der Waals surface area contributed by atoms with Gasteiger partial charge in [0.25, 0.3) is 0 Å². The predicted octanol–water partition coefficient (Wildman–Crippen LogP) is 5.36. The maximum Gasteiger partial charge on any atom is 0.0647 e. The SMILES string of the molecule is Cc1ccc([C@@H]2CC(C)(O)C[C@H](c3ccc(C)cc3)S2)cc1. The summed E-state index contributed by atoms with van der Waals surface area (Å²) in [6, 6.07) is 17.5. The van der Waals surface area contributed by atoms with Crippen molar-refractivity contribution in [1.82, 2.24) is 0 Å². The van der Waals surface area contributed by atoms with Crippen LogP contribution in [-0.4, -0.2) is 10.7 Å². The Morgan fingerprint density at radius 3 is 1.55 bits per heavy atom. The summed E-state index contributed by atoms with van der Waals surface area (Å²) < 4.78 is 0. The van der Waals surface area contributed by atoms with Gasteiger partial charge in [0.1, 0.15) is 0 Å². The molecule has 3 atom stereocenters. The normalized spacial score (nSPS) is 28.5. The predicted molar refractivity (Wildman–Crippen MR) is 95.3 cm³/mol. The second kappa shape index (κ2) is 6.10. The van der Waals surface area contributed by atoms with Crippen molar-refractivity contribution in [3.05, 3.63) is 70.8 Å². The molecule has 1 aliphatic rings. The van der Waals surface area contributed by atoms with Gasteiger partial charge in [-0.05, 0) is 44.7 Å². The summed E-state index contributed by atoms with van der Waals surface area (Å²) in [5.74, 6) is 0. The topological polar surface area (TPSA) is 20.2 Å². The largest absolute Gasteiger partial charge is 0.390 e. The molecule has 1 aliphatic heterocycles. The average Bonchev–Trinajstić information content (AvgIpc) is 2.47. The highest BCUT2D eigenvalue weighted by atomic mass is 32.2. The fourth-order valence-electron chi connectivity index (χ4n) is 3.13. The van der Waals surface area contributed by atoms with Crippen LogP contribution in [0.5, 0.6) is 0 Å². The number of hydrogen-bond donors (Lipinski definition) is 1. The van der Waals surface area contributed by atoms with E-state index in [1.165, 1.54) is 22.3 Å². The molecule has 1 fully saturated rings. The van der Waals surface area contributed by atoms with Crippen molar-refractivity contribution in [2.45, 2.75) is 49.7 Å². The van der Waals surface area contributed by atoms with Crippen molar-refractivity contribution < 1.29 is 5.11 Å². The smallest absolute Gasteiger partial charge is 0.0647 e. The number of aliphatic hydroxyl groups is 1.